The third kappa shape index (κ3) is 3.58. The molecular weight excluding hydrogens is 336 g/mol. The number of carbonyl (C=O) groups is 1. The minimum Gasteiger partial charge on any atom is -0.494 e. The summed E-state index contributed by atoms with van der Waals surface area (Å²) in [6, 6.07) is 14.4. The highest BCUT2D eigenvalue weighted by Crippen LogP contribution is 2.20. The SMILES string of the molecule is CCOc1ccccc1CNC(=O)C(C)n1sc2ccccc2c1=O. The monoisotopic (exact) mass is 356 g/mol. The van der Waals surface area contributed by atoms with Gasteiger partial charge in [-0.05, 0) is 32.0 Å². The molecule has 130 valence electrons. The van der Waals surface area contributed by atoms with E-state index in [2.05, 4.69) is 5.32 Å². The van der Waals surface area contributed by atoms with Crippen molar-refractivity contribution in [1.29, 1.82) is 0 Å². The number of nitrogens with zero attached hydrogens (tertiary/aromatic N) is 1. The molecule has 25 heavy (non-hydrogen) atoms. The molecule has 1 aromatic heterocycles. The molecule has 0 spiro atoms. The van der Waals surface area contributed by atoms with Crippen LogP contribution in [0, 0.1) is 0 Å². The Bertz CT molecular complexity index is 945. The lowest BCUT2D eigenvalue weighted by Crippen LogP contribution is -2.33. The highest BCUT2D eigenvalue weighted by Gasteiger charge is 2.19. The fourth-order valence-corrected chi connectivity index (χ4v) is 3.67. The van der Waals surface area contributed by atoms with Crippen molar-refractivity contribution in [3.8, 4) is 5.75 Å². The van der Waals surface area contributed by atoms with Gasteiger partial charge in [0.1, 0.15) is 11.8 Å². The normalized spacial score (nSPS) is 12.1. The van der Waals surface area contributed by atoms with Gasteiger partial charge in [0.25, 0.3) is 5.56 Å². The molecule has 1 N–H and O–H groups in total. The average Bonchev–Trinajstić information content (AvgIpc) is 2.97. The number of hydrogen-bond acceptors (Lipinski definition) is 4. The molecule has 3 aromatic rings. The summed E-state index contributed by atoms with van der Waals surface area (Å²) in [4.78, 5) is 25.0. The van der Waals surface area contributed by atoms with Gasteiger partial charge in [0.2, 0.25) is 5.91 Å². The maximum absolute atomic E-state index is 12.5. The second-order valence-corrected chi connectivity index (χ2v) is 6.67. The third-order valence-corrected chi connectivity index (χ3v) is 5.20. The highest BCUT2D eigenvalue weighted by atomic mass is 32.1. The number of rotatable bonds is 6. The van der Waals surface area contributed by atoms with Crippen molar-refractivity contribution in [1.82, 2.24) is 9.27 Å². The number of ether oxygens (including phenoxy) is 1. The second-order valence-electron chi connectivity index (χ2n) is 5.65. The van der Waals surface area contributed by atoms with Crippen LogP contribution in [-0.2, 0) is 11.3 Å². The molecule has 2 aromatic carbocycles. The zero-order chi connectivity index (χ0) is 17.8. The number of carbonyl (C=O) groups excluding carboxylic acids is 1. The molecule has 0 aliphatic rings. The molecule has 1 heterocycles. The number of aromatic nitrogens is 1. The molecule has 1 unspecified atom stereocenters. The summed E-state index contributed by atoms with van der Waals surface area (Å²) in [7, 11) is 0. The van der Waals surface area contributed by atoms with E-state index in [-0.39, 0.29) is 11.5 Å². The molecule has 0 radical (unpaired) electrons. The first-order chi connectivity index (χ1) is 12.1. The number of fused-ring (bicyclic) bond motifs is 1. The first-order valence-electron chi connectivity index (χ1n) is 8.20. The Morgan fingerprint density at radius 1 is 1.20 bits per heavy atom. The quantitative estimate of drug-likeness (QED) is 0.737. The van der Waals surface area contributed by atoms with Crippen LogP contribution in [0.15, 0.2) is 53.3 Å². The van der Waals surface area contributed by atoms with E-state index in [4.69, 9.17) is 4.74 Å². The molecule has 1 amide bonds. The molecular formula is C19H20N2O3S. The van der Waals surface area contributed by atoms with Crippen LogP contribution < -0.4 is 15.6 Å². The standard InChI is InChI=1S/C19H20N2O3S/c1-3-24-16-10-6-4-8-14(16)12-20-18(22)13(2)21-19(23)15-9-5-7-11-17(15)25-21/h4-11,13H,3,12H2,1-2H3,(H,20,22). The van der Waals surface area contributed by atoms with Crippen LogP contribution in [-0.4, -0.2) is 16.5 Å². The smallest absolute Gasteiger partial charge is 0.269 e. The molecule has 0 aliphatic heterocycles. The summed E-state index contributed by atoms with van der Waals surface area (Å²) < 4.78 is 7.97. The van der Waals surface area contributed by atoms with E-state index in [0.29, 0.717) is 18.5 Å². The van der Waals surface area contributed by atoms with Crippen LogP contribution in [0.5, 0.6) is 5.75 Å². The lowest BCUT2D eigenvalue weighted by Gasteiger charge is -2.14. The Labute approximate surface area is 150 Å². The van der Waals surface area contributed by atoms with Gasteiger partial charge in [-0.3, -0.25) is 13.5 Å². The third-order valence-electron chi connectivity index (χ3n) is 3.97. The number of para-hydroxylation sites is 1. The summed E-state index contributed by atoms with van der Waals surface area (Å²) in [6.07, 6.45) is 0. The fraction of sp³-hybridized carbons (Fsp3) is 0.263. The Morgan fingerprint density at radius 3 is 2.68 bits per heavy atom. The van der Waals surface area contributed by atoms with Crippen LogP contribution in [0.4, 0.5) is 0 Å². The van der Waals surface area contributed by atoms with Crippen molar-refractivity contribution in [2.45, 2.75) is 26.4 Å². The number of benzene rings is 2. The Balaban J connectivity index is 1.75. The average molecular weight is 356 g/mol. The van der Waals surface area contributed by atoms with E-state index >= 15 is 0 Å². The maximum Gasteiger partial charge on any atom is 0.269 e. The van der Waals surface area contributed by atoms with Gasteiger partial charge in [-0.25, -0.2) is 0 Å². The largest absolute Gasteiger partial charge is 0.494 e. The number of hydrogen-bond donors (Lipinski definition) is 1. The highest BCUT2D eigenvalue weighted by molar-refractivity contribution is 7.14. The summed E-state index contributed by atoms with van der Waals surface area (Å²) >= 11 is 1.31. The van der Waals surface area contributed by atoms with E-state index in [1.165, 1.54) is 15.5 Å². The molecule has 1 atom stereocenters. The molecule has 6 heteroatoms. The van der Waals surface area contributed by atoms with Crippen LogP contribution in [0.2, 0.25) is 0 Å². The van der Waals surface area contributed by atoms with Crippen LogP contribution in [0.3, 0.4) is 0 Å². The minimum atomic E-state index is -0.566. The number of nitrogens with one attached hydrogen (secondary N) is 1. The molecule has 0 saturated heterocycles. The zero-order valence-corrected chi connectivity index (χ0v) is 15.0. The van der Waals surface area contributed by atoms with Crippen molar-refractivity contribution in [2.75, 3.05) is 6.61 Å². The van der Waals surface area contributed by atoms with E-state index in [9.17, 15) is 9.59 Å². The Kier molecular flexibility index (Phi) is 5.19. The predicted octanol–water partition coefficient (Wildman–Crippen LogP) is 3.34. The summed E-state index contributed by atoms with van der Waals surface area (Å²) in [6.45, 7) is 4.59. The van der Waals surface area contributed by atoms with E-state index in [1.807, 2.05) is 49.4 Å². The van der Waals surface area contributed by atoms with Gasteiger partial charge in [-0.15, -0.1) is 0 Å². The van der Waals surface area contributed by atoms with Crippen LogP contribution in [0.25, 0.3) is 10.1 Å². The van der Waals surface area contributed by atoms with Gasteiger partial charge >= 0.3 is 0 Å². The first kappa shape index (κ1) is 17.2. The summed E-state index contributed by atoms with van der Waals surface area (Å²) in [5.41, 5.74) is 0.784. The van der Waals surface area contributed by atoms with Gasteiger partial charge in [0.05, 0.1) is 16.7 Å². The van der Waals surface area contributed by atoms with Crippen LogP contribution in [0.1, 0.15) is 25.5 Å². The Morgan fingerprint density at radius 2 is 1.92 bits per heavy atom. The van der Waals surface area contributed by atoms with Gasteiger partial charge in [0.15, 0.2) is 0 Å². The van der Waals surface area contributed by atoms with Gasteiger partial charge in [0, 0.05) is 12.1 Å². The van der Waals surface area contributed by atoms with Crippen molar-refractivity contribution in [2.24, 2.45) is 0 Å². The van der Waals surface area contributed by atoms with Crippen molar-refractivity contribution < 1.29 is 9.53 Å². The molecule has 0 fully saturated rings. The fourth-order valence-electron chi connectivity index (χ4n) is 2.63. The summed E-state index contributed by atoms with van der Waals surface area (Å²) in [5.74, 6) is 0.567. The van der Waals surface area contributed by atoms with Gasteiger partial charge in [-0.2, -0.15) is 0 Å². The Hall–Kier alpha value is -2.60. The molecule has 0 bridgehead atoms. The number of amides is 1. The lowest BCUT2D eigenvalue weighted by atomic mass is 10.2. The van der Waals surface area contributed by atoms with Gasteiger partial charge in [-0.1, -0.05) is 41.9 Å². The lowest BCUT2D eigenvalue weighted by molar-refractivity contribution is -0.123. The van der Waals surface area contributed by atoms with Crippen molar-refractivity contribution in [3.05, 3.63) is 64.4 Å². The minimum absolute atomic E-state index is 0.127. The zero-order valence-electron chi connectivity index (χ0n) is 14.2. The summed E-state index contributed by atoms with van der Waals surface area (Å²) in [5, 5.41) is 3.54. The first-order valence-corrected chi connectivity index (χ1v) is 8.98. The van der Waals surface area contributed by atoms with E-state index in [1.54, 1.807) is 13.0 Å². The van der Waals surface area contributed by atoms with Crippen molar-refractivity contribution in [3.63, 3.8) is 0 Å². The molecule has 5 nitrogen and oxygen atoms in total. The molecule has 3 rings (SSSR count). The predicted molar refractivity (Wildman–Crippen MR) is 100 cm³/mol. The van der Waals surface area contributed by atoms with Crippen molar-refractivity contribution >= 4 is 27.5 Å². The van der Waals surface area contributed by atoms with Gasteiger partial charge < -0.3 is 10.1 Å². The topological polar surface area (TPSA) is 60.3 Å². The maximum atomic E-state index is 12.5. The second kappa shape index (κ2) is 7.53. The van der Waals surface area contributed by atoms with E-state index in [0.717, 1.165) is 16.0 Å². The van der Waals surface area contributed by atoms with E-state index < -0.39 is 6.04 Å². The molecule has 0 saturated carbocycles. The van der Waals surface area contributed by atoms with Crippen LogP contribution >= 0.6 is 11.5 Å². The molecule has 0 aliphatic carbocycles.